The summed E-state index contributed by atoms with van der Waals surface area (Å²) in [5.74, 6) is 2.12. The maximum atomic E-state index is 13.2. The van der Waals surface area contributed by atoms with Gasteiger partial charge in [-0.15, -0.1) is 11.8 Å². The molecule has 2 aromatic rings. The Morgan fingerprint density at radius 1 is 1.32 bits per heavy atom. The first-order chi connectivity index (χ1) is 12.2. The Morgan fingerprint density at radius 2 is 2.12 bits per heavy atom. The van der Waals surface area contributed by atoms with Gasteiger partial charge in [0.1, 0.15) is 5.41 Å². The van der Waals surface area contributed by atoms with Crippen LogP contribution in [0.5, 0.6) is 0 Å². The number of nitrogens with zero attached hydrogens (tertiary/aromatic N) is 2. The van der Waals surface area contributed by atoms with E-state index in [1.165, 1.54) is 18.4 Å². The van der Waals surface area contributed by atoms with E-state index in [0.717, 1.165) is 16.1 Å². The van der Waals surface area contributed by atoms with E-state index in [9.17, 15) is 4.79 Å². The van der Waals surface area contributed by atoms with Crippen molar-refractivity contribution in [3.63, 3.8) is 0 Å². The molecule has 4 heterocycles. The number of aromatic nitrogens is 1. The Labute approximate surface area is 159 Å². The Hall–Kier alpha value is -1.24. The number of methoxy groups -OCH3 is 1. The lowest BCUT2D eigenvalue weighted by molar-refractivity contribution is -0.155. The molecular weight excluding hydrogens is 400 g/mol. The third-order valence-electron chi connectivity index (χ3n) is 6.09. The number of halogens is 1. The molecule has 1 aromatic heterocycles. The zero-order chi connectivity index (χ0) is 17.2. The molecule has 0 aliphatic carbocycles. The fourth-order valence-electron chi connectivity index (χ4n) is 5.24. The highest BCUT2D eigenvalue weighted by Gasteiger charge is 2.68. The van der Waals surface area contributed by atoms with Crippen molar-refractivity contribution in [2.45, 2.75) is 24.5 Å². The first kappa shape index (κ1) is 16.0. The van der Waals surface area contributed by atoms with E-state index in [4.69, 9.17) is 4.74 Å². The summed E-state index contributed by atoms with van der Waals surface area (Å²) >= 11 is 5.50. The van der Waals surface area contributed by atoms with Gasteiger partial charge >= 0.3 is 5.97 Å². The van der Waals surface area contributed by atoms with Gasteiger partial charge in [-0.3, -0.25) is 9.69 Å². The van der Waals surface area contributed by atoms with Crippen LogP contribution in [0.15, 0.2) is 47.1 Å². The largest absolute Gasteiger partial charge is 0.468 e. The maximum absolute atomic E-state index is 13.2. The molecular formula is C19H19BrN2O2S. The van der Waals surface area contributed by atoms with E-state index in [0.29, 0.717) is 12.6 Å². The number of thioether (sulfide) groups is 1. The summed E-state index contributed by atoms with van der Waals surface area (Å²) < 4.78 is 8.69. The molecule has 4 atom stereocenters. The van der Waals surface area contributed by atoms with E-state index in [1.807, 2.05) is 11.8 Å². The standard InChI is InChI=1S/C19H19BrN2O2S/c1-24-18(23)19-10-21-8-2-3-14(21)17(19)22-11-25-9-15(22)16(19)12-4-6-13(20)7-5-12/h2-8,15-17H,9-11H2,1H3/t15?,16-,17+,19-/m1/s1. The molecule has 2 saturated heterocycles. The number of ether oxygens (including phenoxy) is 1. The van der Waals surface area contributed by atoms with Crippen LogP contribution in [0.2, 0.25) is 0 Å². The third kappa shape index (κ3) is 2.02. The number of benzene rings is 1. The smallest absolute Gasteiger partial charge is 0.316 e. The Bertz CT molecular complexity index is 836. The van der Waals surface area contributed by atoms with Crippen LogP contribution < -0.4 is 0 Å². The van der Waals surface area contributed by atoms with Crippen LogP contribution >= 0.6 is 27.7 Å². The lowest BCUT2D eigenvalue weighted by Crippen LogP contribution is -2.41. The van der Waals surface area contributed by atoms with Crippen LogP contribution in [0.1, 0.15) is 23.2 Å². The number of fused-ring (bicyclic) bond motifs is 5. The van der Waals surface area contributed by atoms with Gasteiger partial charge in [0.15, 0.2) is 0 Å². The van der Waals surface area contributed by atoms with Crippen LogP contribution in [0.4, 0.5) is 0 Å². The van der Waals surface area contributed by atoms with Crippen molar-refractivity contribution in [2.24, 2.45) is 5.41 Å². The second-order valence-electron chi connectivity index (χ2n) is 7.11. The van der Waals surface area contributed by atoms with Crippen LogP contribution in [0, 0.1) is 5.41 Å². The minimum atomic E-state index is -0.537. The van der Waals surface area contributed by atoms with Crippen molar-refractivity contribution in [3.05, 3.63) is 58.3 Å². The second-order valence-corrected chi connectivity index (χ2v) is 9.02. The van der Waals surface area contributed by atoms with Gasteiger partial charge in [-0.1, -0.05) is 28.1 Å². The van der Waals surface area contributed by atoms with Crippen LogP contribution in [0.25, 0.3) is 0 Å². The average molecular weight is 419 g/mol. The minimum Gasteiger partial charge on any atom is -0.468 e. The number of carbonyl (C=O) groups excluding carboxylic acids is 1. The van der Waals surface area contributed by atoms with E-state index in [-0.39, 0.29) is 17.9 Å². The average Bonchev–Trinajstić information content (AvgIpc) is 3.33. The molecule has 0 bridgehead atoms. The SMILES string of the molecule is COC(=O)[C@@]12Cn3cccc3[C@@H]1N1CSCC1[C@H]2c1ccc(Br)cc1. The molecule has 6 heteroatoms. The monoisotopic (exact) mass is 418 g/mol. The highest BCUT2D eigenvalue weighted by Crippen LogP contribution is 2.64. The maximum Gasteiger partial charge on any atom is 0.316 e. The summed E-state index contributed by atoms with van der Waals surface area (Å²) in [4.78, 5) is 15.7. The van der Waals surface area contributed by atoms with Crippen molar-refractivity contribution in [1.82, 2.24) is 9.47 Å². The summed E-state index contributed by atoms with van der Waals surface area (Å²) in [6.07, 6.45) is 2.09. The van der Waals surface area contributed by atoms with Gasteiger partial charge in [0.2, 0.25) is 0 Å². The van der Waals surface area contributed by atoms with Gasteiger partial charge < -0.3 is 9.30 Å². The summed E-state index contributed by atoms with van der Waals surface area (Å²) in [6.45, 7) is 0.699. The predicted octanol–water partition coefficient (Wildman–Crippen LogP) is 3.64. The molecule has 25 heavy (non-hydrogen) atoms. The van der Waals surface area contributed by atoms with E-state index < -0.39 is 5.41 Å². The molecule has 0 spiro atoms. The molecule has 1 unspecified atom stereocenters. The number of hydrogen-bond acceptors (Lipinski definition) is 4. The molecule has 0 radical (unpaired) electrons. The van der Waals surface area contributed by atoms with E-state index in [1.54, 1.807) is 0 Å². The lowest BCUT2D eigenvalue weighted by atomic mass is 9.69. The molecule has 0 saturated carbocycles. The van der Waals surface area contributed by atoms with Crippen molar-refractivity contribution in [3.8, 4) is 0 Å². The molecule has 130 valence electrons. The number of carbonyl (C=O) groups is 1. The summed E-state index contributed by atoms with van der Waals surface area (Å²) in [6, 6.07) is 13.2. The minimum absolute atomic E-state index is 0.0754. The summed E-state index contributed by atoms with van der Waals surface area (Å²) in [5.41, 5.74) is 1.95. The lowest BCUT2D eigenvalue weighted by Gasteiger charge is -2.33. The summed E-state index contributed by atoms with van der Waals surface area (Å²) in [5, 5.41) is 0. The number of esters is 1. The molecule has 0 N–H and O–H groups in total. The van der Waals surface area contributed by atoms with E-state index >= 15 is 0 Å². The van der Waals surface area contributed by atoms with Crippen molar-refractivity contribution >= 4 is 33.7 Å². The van der Waals surface area contributed by atoms with E-state index in [2.05, 4.69) is 68.0 Å². The highest BCUT2D eigenvalue weighted by atomic mass is 79.9. The fourth-order valence-corrected chi connectivity index (χ4v) is 6.78. The molecule has 3 aliphatic heterocycles. The Morgan fingerprint density at radius 3 is 2.88 bits per heavy atom. The molecule has 4 nitrogen and oxygen atoms in total. The first-order valence-electron chi connectivity index (χ1n) is 8.49. The van der Waals surface area contributed by atoms with Crippen molar-refractivity contribution < 1.29 is 9.53 Å². The van der Waals surface area contributed by atoms with Crippen molar-refractivity contribution in [2.75, 3.05) is 18.7 Å². The Balaban J connectivity index is 1.72. The summed E-state index contributed by atoms with van der Waals surface area (Å²) in [7, 11) is 1.53. The van der Waals surface area contributed by atoms with Crippen LogP contribution in [0.3, 0.4) is 0 Å². The Kier molecular flexibility index (Phi) is 3.60. The molecule has 5 rings (SSSR count). The van der Waals surface area contributed by atoms with Crippen LogP contribution in [-0.2, 0) is 16.1 Å². The molecule has 1 aromatic carbocycles. The predicted molar refractivity (Wildman–Crippen MR) is 101 cm³/mol. The normalized spacial score (nSPS) is 33.1. The van der Waals surface area contributed by atoms with Crippen LogP contribution in [-0.4, -0.2) is 40.2 Å². The third-order valence-corrected chi connectivity index (χ3v) is 7.67. The zero-order valence-corrected chi connectivity index (χ0v) is 16.3. The molecule has 0 amide bonds. The second kappa shape index (κ2) is 5.63. The van der Waals surface area contributed by atoms with Gasteiger partial charge in [0, 0.05) is 46.5 Å². The van der Waals surface area contributed by atoms with Gasteiger partial charge in [-0.25, -0.2) is 0 Å². The van der Waals surface area contributed by atoms with Gasteiger partial charge in [0.25, 0.3) is 0 Å². The number of hydrogen-bond donors (Lipinski definition) is 0. The fraction of sp³-hybridized carbons (Fsp3) is 0.421. The number of rotatable bonds is 2. The topological polar surface area (TPSA) is 34.5 Å². The highest BCUT2D eigenvalue weighted by molar-refractivity contribution is 9.10. The van der Waals surface area contributed by atoms with Gasteiger partial charge in [0.05, 0.1) is 13.2 Å². The van der Waals surface area contributed by atoms with Gasteiger partial charge in [-0.05, 0) is 29.8 Å². The first-order valence-corrected chi connectivity index (χ1v) is 10.4. The zero-order valence-electron chi connectivity index (χ0n) is 13.9. The quantitative estimate of drug-likeness (QED) is 0.697. The van der Waals surface area contributed by atoms with Gasteiger partial charge in [-0.2, -0.15) is 0 Å². The molecule has 3 aliphatic rings. The molecule has 2 fully saturated rings. The van der Waals surface area contributed by atoms with Crippen molar-refractivity contribution in [1.29, 1.82) is 0 Å².